The van der Waals surface area contributed by atoms with Crippen LogP contribution in [0.25, 0.3) is 21.3 Å². The first-order valence-electron chi connectivity index (χ1n) is 8.51. The minimum absolute atomic E-state index is 0.177. The number of rotatable bonds is 5. The van der Waals surface area contributed by atoms with Crippen molar-refractivity contribution in [2.75, 3.05) is 0 Å². The van der Waals surface area contributed by atoms with Crippen molar-refractivity contribution in [3.05, 3.63) is 88.4 Å². The maximum Gasteiger partial charge on any atom is 0.310 e. The van der Waals surface area contributed by atoms with Gasteiger partial charge in [-0.2, -0.15) is 0 Å². The second-order valence-electron chi connectivity index (χ2n) is 6.17. The van der Waals surface area contributed by atoms with Gasteiger partial charge in [0.25, 0.3) is 0 Å². The molecule has 0 aliphatic heterocycles. The normalized spacial score (nSPS) is 10.9. The number of aromatic nitrogens is 1. The third kappa shape index (κ3) is 4.35. The maximum absolute atomic E-state index is 12.2. The van der Waals surface area contributed by atoms with Crippen molar-refractivity contribution >= 4 is 39.7 Å². The highest BCUT2D eigenvalue weighted by Gasteiger charge is 2.09. The van der Waals surface area contributed by atoms with Crippen LogP contribution < -0.4 is 0 Å². The quantitative estimate of drug-likeness (QED) is 0.396. The molecule has 0 radical (unpaired) electrons. The molecular formula is C22H16ClNO2S. The van der Waals surface area contributed by atoms with Crippen LogP contribution in [-0.2, 0) is 22.6 Å². The number of carbonyl (C=O) groups is 1. The molecule has 0 saturated carbocycles. The molecule has 0 fully saturated rings. The highest BCUT2D eigenvalue weighted by Crippen LogP contribution is 2.25. The Balaban J connectivity index is 1.37. The molecule has 0 aliphatic rings. The van der Waals surface area contributed by atoms with Gasteiger partial charge in [0.2, 0.25) is 0 Å². The van der Waals surface area contributed by atoms with Crippen LogP contribution >= 0.6 is 22.9 Å². The zero-order valence-electron chi connectivity index (χ0n) is 14.4. The van der Waals surface area contributed by atoms with E-state index in [1.54, 1.807) is 0 Å². The summed E-state index contributed by atoms with van der Waals surface area (Å²) in [4.78, 5) is 16.7. The molecule has 0 spiro atoms. The number of nitrogens with zero attached hydrogens (tertiary/aromatic N) is 1. The number of ether oxygens (including phenoxy) is 1. The SMILES string of the molecule is O=C(Cc1ccc2ccccc2c1)OCc1csc(-c2ccc(Cl)cc2)n1. The molecule has 5 heteroatoms. The summed E-state index contributed by atoms with van der Waals surface area (Å²) in [6.45, 7) is 0.177. The summed E-state index contributed by atoms with van der Waals surface area (Å²) < 4.78 is 5.40. The number of esters is 1. The first kappa shape index (κ1) is 17.7. The molecule has 3 aromatic carbocycles. The van der Waals surface area contributed by atoms with Gasteiger partial charge in [0.1, 0.15) is 11.6 Å². The molecule has 27 heavy (non-hydrogen) atoms. The molecule has 0 amide bonds. The van der Waals surface area contributed by atoms with Crippen LogP contribution in [0.5, 0.6) is 0 Å². The molecule has 0 aliphatic carbocycles. The molecule has 3 nitrogen and oxygen atoms in total. The Kier molecular flexibility index (Phi) is 5.19. The number of hydrogen-bond donors (Lipinski definition) is 0. The molecule has 134 valence electrons. The van der Waals surface area contributed by atoms with Gasteiger partial charge in [-0.3, -0.25) is 4.79 Å². The summed E-state index contributed by atoms with van der Waals surface area (Å²) in [7, 11) is 0. The lowest BCUT2D eigenvalue weighted by molar-refractivity contribution is -0.144. The Morgan fingerprint density at radius 2 is 1.78 bits per heavy atom. The van der Waals surface area contributed by atoms with Gasteiger partial charge < -0.3 is 4.74 Å². The van der Waals surface area contributed by atoms with Gasteiger partial charge in [-0.25, -0.2) is 4.98 Å². The molecule has 0 bridgehead atoms. The van der Waals surface area contributed by atoms with Crippen molar-refractivity contribution in [3.63, 3.8) is 0 Å². The largest absolute Gasteiger partial charge is 0.459 e. The van der Waals surface area contributed by atoms with Crippen molar-refractivity contribution < 1.29 is 9.53 Å². The zero-order valence-corrected chi connectivity index (χ0v) is 16.0. The van der Waals surface area contributed by atoms with E-state index in [0.717, 1.165) is 32.6 Å². The second kappa shape index (κ2) is 7.91. The summed E-state index contributed by atoms with van der Waals surface area (Å²) in [6.07, 6.45) is 0.249. The first-order valence-corrected chi connectivity index (χ1v) is 9.77. The number of thiazole rings is 1. The predicted octanol–water partition coefficient (Wildman–Crippen LogP) is 5.90. The number of fused-ring (bicyclic) bond motifs is 1. The Hall–Kier alpha value is -2.69. The Morgan fingerprint density at radius 1 is 1.00 bits per heavy atom. The van der Waals surface area contributed by atoms with Gasteiger partial charge in [0, 0.05) is 16.0 Å². The van der Waals surface area contributed by atoms with Crippen LogP contribution in [0.15, 0.2) is 72.1 Å². The smallest absolute Gasteiger partial charge is 0.310 e. The molecule has 1 aromatic heterocycles. The van der Waals surface area contributed by atoms with Crippen molar-refractivity contribution in [1.29, 1.82) is 0 Å². The molecule has 4 aromatic rings. The standard InChI is InChI=1S/C22H16ClNO2S/c23-19-9-7-17(8-10-19)22-24-20(14-27-22)13-26-21(25)12-15-5-6-16-3-1-2-4-18(16)11-15/h1-11,14H,12-13H2. The van der Waals surface area contributed by atoms with Crippen molar-refractivity contribution in [2.24, 2.45) is 0 Å². The monoisotopic (exact) mass is 393 g/mol. The lowest BCUT2D eigenvalue weighted by Crippen LogP contribution is -2.08. The number of halogens is 1. The summed E-state index contributed by atoms with van der Waals surface area (Å²) in [6, 6.07) is 21.6. The fraction of sp³-hybridized carbons (Fsp3) is 0.0909. The summed E-state index contributed by atoms with van der Waals surface area (Å²) in [5.41, 5.74) is 2.69. The maximum atomic E-state index is 12.2. The average Bonchev–Trinajstić information content (AvgIpc) is 3.16. The highest BCUT2D eigenvalue weighted by molar-refractivity contribution is 7.13. The number of carbonyl (C=O) groups excluding carboxylic acids is 1. The van der Waals surface area contributed by atoms with Crippen LogP contribution in [0.4, 0.5) is 0 Å². The van der Waals surface area contributed by atoms with Crippen LogP contribution in [-0.4, -0.2) is 11.0 Å². The molecule has 0 atom stereocenters. The fourth-order valence-corrected chi connectivity index (χ4v) is 3.76. The van der Waals surface area contributed by atoms with E-state index >= 15 is 0 Å². The number of benzene rings is 3. The van der Waals surface area contributed by atoms with E-state index in [-0.39, 0.29) is 19.0 Å². The highest BCUT2D eigenvalue weighted by atomic mass is 35.5. The van der Waals surface area contributed by atoms with E-state index in [2.05, 4.69) is 11.1 Å². The van der Waals surface area contributed by atoms with Crippen LogP contribution in [0.3, 0.4) is 0 Å². The minimum atomic E-state index is -0.258. The van der Waals surface area contributed by atoms with Gasteiger partial charge in [0.15, 0.2) is 0 Å². The van der Waals surface area contributed by atoms with E-state index < -0.39 is 0 Å². The van der Waals surface area contributed by atoms with Gasteiger partial charge in [0.05, 0.1) is 12.1 Å². The minimum Gasteiger partial charge on any atom is -0.459 e. The Labute approximate surface area is 166 Å². The topological polar surface area (TPSA) is 39.2 Å². The predicted molar refractivity (Wildman–Crippen MR) is 110 cm³/mol. The van der Waals surface area contributed by atoms with Crippen LogP contribution in [0.2, 0.25) is 5.02 Å². The van der Waals surface area contributed by atoms with E-state index in [0.29, 0.717) is 5.02 Å². The molecule has 0 saturated heterocycles. The van der Waals surface area contributed by atoms with E-state index in [4.69, 9.17) is 16.3 Å². The molecule has 4 rings (SSSR count). The lowest BCUT2D eigenvalue weighted by atomic mass is 10.1. The zero-order chi connectivity index (χ0) is 18.6. The third-order valence-corrected chi connectivity index (χ3v) is 5.38. The van der Waals surface area contributed by atoms with E-state index in [1.165, 1.54) is 11.3 Å². The fourth-order valence-electron chi connectivity index (χ4n) is 2.82. The van der Waals surface area contributed by atoms with Crippen molar-refractivity contribution in [1.82, 2.24) is 4.98 Å². The van der Waals surface area contributed by atoms with Crippen molar-refractivity contribution in [2.45, 2.75) is 13.0 Å². The second-order valence-corrected chi connectivity index (χ2v) is 7.46. The molecule has 1 heterocycles. The van der Waals surface area contributed by atoms with Gasteiger partial charge >= 0.3 is 5.97 Å². The molecule has 0 N–H and O–H groups in total. The molecule has 0 unspecified atom stereocenters. The van der Waals surface area contributed by atoms with Gasteiger partial charge in [-0.1, -0.05) is 66.2 Å². The van der Waals surface area contributed by atoms with Crippen molar-refractivity contribution in [3.8, 4) is 10.6 Å². The summed E-state index contributed by atoms with van der Waals surface area (Å²) in [5.74, 6) is -0.258. The number of hydrogen-bond acceptors (Lipinski definition) is 4. The average molecular weight is 394 g/mol. The summed E-state index contributed by atoms with van der Waals surface area (Å²) in [5, 5.41) is 5.76. The summed E-state index contributed by atoms with van der Waals surface area (Å²) >= 11 is 7.43. The van der Waals surface area contributed by atoms with Gasteiger partial charge in [-0.15, -0.1) is 11.3 Å². The van der Waals surface area contributed by atoms with Crippen LogP contribution in [0, 0.1) is 0 Å². The van der Waals surface area contributed by atoms with Crippen LogP contribution in [0.1, 0.15) is 11.3 Å². The Morgan fingerprint density at radius 3 is 2.59 bits per heavy atom. The van der Waals surface area contributed by atoms with E-state index in [9.17, 15) is 4.79 Å². The first-order chi connectivity index (χ1) is 13.2. The lowest BCUT2D eigenvalue weighted by Gasteiger charge is -2.05. The van der Waals surface area contributed by atoms with E-state index in [1.807, 2.05) is 66.0 Å². The Bertz CT molecular complexity index is 1090. The third-order valence-electron chi connectivity index (χ3n) is 4.19. The van der Waals surface area contributed by atoms with Gasteiger partial charge in [-0.05, 0) is 28.5 Å². The molecular weight excluding hydrogens is 378 g/mol.